The average molecular weight is 239 g/mol. The van der Waals surface area contributed by atoms with Crippen molar-refractivity contribution in [3.63, 3.8) is 0 Å². The van der Waals surface area contributed by atoms with Crippen molar-refractivity contribution in [1.29, 1.82) is 0 Å². The first-order valence-corrected chi connectivity index (χ1v) is 5.78. The molecule has 0 atom stereocenters. The van der Waals surface area contributed by atoms with Crippen molar-refractivity contribution in [3.8, 4) is 0 Å². The summed E-state index contributed by atoms with van der Waals surface area (Å²) in [6, 6.07) is 7.53. The van der Waals surface area contributed by atoms with E-state index in [9.17, 15) is 4.79 Å². The van der Waals surface area contributed by atoms with E-state index in [1.807, 2.05) is 31.2 Å². The highest BCUT2D eigenvalue weighted by atomic mass is 32.1. The van der Waals surface area contributed by atoms with Crippen molar-refractivity contribution in [1.82, 2.24) is 4.90 Å². The molecule has 88 valence electrons. The van der Waals surface area contributed by atoms with Gasteiger partial charge in [0.2, 0.25) is 5.91 Å². The van der Waals surface area contributed by atoms with Crippen molar-refractivity contribution in [2.75, 3.05) is 19.7 Å². The smallest absolute Gasteiger partial charge is 0.227 e. The zero-order valence-corrected chi connectivity index (χ0v) is 10.3. The third-order valence-electron chi connectivity index (χ3n) is 2.40. The number of amides is 1. The Hall–Kier alpha value is -1.00. The van der Waals surface area contributed by atoms with E-state index in [1.165, 1.54) is 0 Å². The number of nitrogens with zero attached hydrogens (tertiary/aromatic N) is 1. The molecule has 0 bridgehead atoms. The zero-order valence-electron chi connectivity index (χ0n) is 9.39. The van der Waals surface area contributed by atoms with Crippen LogP contribution in [-0.2, 0) is 11.2 Å². The lowest BCUT2D eigenvalue weighted by molar-refractivity contribution is -0.130. The maximum Gasteiger partial charge on any atom is 0.227 e. The Kier molecular flexibility index (Phi) is 5.35. The normalized spacial score (nSPS) is 10.2. The molecule has 0 heterocycles. The summed E-state index contributed by atoms with van der Waals surface area (Å²) < 4.78 is 0. The lowest BCUT2D eigenvalue weighted by Gasteiger charge is -2.19. The summed E-state index contributed by atoms with van der Waals surface area (Å²) in [6.45, 7) is 2.95. The molecule has 4 heteroatoms. The summed E-state index contributed by atoms with van der Waals surface area (Å²) in [4.78, 5) is 14.3. The second-order valence-corrected chi connectivity index (χ2v) is 4.06. The maximum absolute atomic E-state index is 11.8. The number of carbonyl (C=O) groups excluding carboxylic acids is 1. The number of hydrogen-bond donors (Lipinski definition) is 2. The molecule has 1 amide bonds. The van der Waals surface area contributed by atoms with Crippen LogP contribution in [0.4, 0.5) is 0 Å². The minimum absolute atomic E-state index is 0.00909. The Labute approximate surface area is 101 Å². The highest BCUT2D eigenvalue weighted by molar-refractivity contribution is 7.80. The summed E-state index contributed by atoms with van der Waals surface area (Å²) >= 11 is 4.19. The Morgan fingerprint density at radius 2 is 2.00 bits per heavy atom. The molecular weight excluding hydrogens is 222 g/mol. The number of rotatable bonds is 5. The summed E-state index contributed by atoms with van der Waals surface area (Å²) in [5.41, 5.74) is 0.971. The van der Waals surface area contributed by atoms with E-state index < -0.39 is 0 Å². The van der Waals surface area contributed by atoms with E-state index in [4.69, 9.17) is 5.11 Å². The SMILES string of the molecule is CCN(CCO)C(=O)Cc1ccc(S)cc1. The number of aliphatic hydroxyl groups excluding tert-OH is 1. The van der Waals surface area contributed by atoms with Crippen molar-refractivity contribution in [2.24, 2.45) is 0 Å². The molecule has 1 aromatic rings. The van der Waals surface area contributed by atoms with Crippen LogP contribution in [0, 0.1) is 0 Å². The highest BCUT2D eigenvalue weighted by Crippen LogP contribution is 2.09. The third kappa shape index (κ3) is 3.87. The molecule has 1 N–H and O–H groups in total. The summed E-state index contributed by atoms with van der Waals surface area (Å²) in [5.74, 6) is 0.0449. The Morgan fingerprint density at radius 1 is 1.38 bits per heavy atom. The van der Waals surface area contributed by atoms with Gasteiger partial charge in [0.25, 0.3) is 0 Å². The predicted molar refractivity (Wildman–Crippen MR) is 66.7 cm³/mol. The average Bonchev–Trinajstić information content (AvgIpc) is 2.29. The molecule has 3 nitrogen and oxygen atoms in total. The predicted octanol–water partition coefficient (Wildman–Crippen LogP) is 1.36. The number of carbonyl (C=O) groups is 1. The van der Waals surface area contributed by atoms with Crippen molar-refractivity contribution in [3.05, 3.63) is 29.8 Å². The second-order valence-electron chi connectivity index (χ2n) is 3.54. The minimum atomic E-state index is 0.00909. The van der Waals surface area contributed by atoms with Crippen molar-refractivity contribution < 1.29 is 9.90 Å². The number of likely N-dealkylation sites (N-methyl/N-ethyl adjacent to an activating group) is 1. The van der Waals surface area contributed by atoms with E-state index in [0.717, 1.165) is 10.5 Å². The van der Waals surface area contributed by atoms with Gasteiger partial charge in [-0.3, -0.25) is 4.79 Å². The standard InChI is InChI=1S/C12H17NO2S/c1-2-13(7-8-14)12(15)9-10-3-5-11(16)6-4-10/h3-6,14,16H,2,7-9H2,1H3. The monoisotopic (exact) mass is 239 g/mol. The first kappa shape index (κ1) is 13.1. The van der Waals surface area contributed by atoms with Gasteiger partial charge in [-0.1, -0.05) is 12.1 Å². The number of hydrogen-bond acceptors (Lipinski definition) is 3. The van der Waals surface area contributed by atoms with Gasteiger partial charge in [0, 0.05) is 18.0 Å². The molecule has 0 aliphatic rings. The summed E-state index contributed by atoms with van der Waals surface area (Å²) in [7, 11) is 0. The number of thiol groups is 1. The molecular formula is C12H17NO2S. The molecule has 1 aromatic carbocycles. The molecule has 1 rings (SSSR count). The largest absolute Gasteiger partial charge is 0.395 e. The van der Waals surface area contributed by atoms with Crippen LogP contribution in [0.2, 0.25) is 0 Å². The van der Waals surface area contributed by atoms with Crippen LogP contribution < -0.4 is 0 Å². The lowest BCUT2D eigenvalue weighted by atomic mass is 10.1. The van der Waals surface area contributed by atoms with E-state index in [1.54, 1.807) is 4.90 Å². The molecule has 0 unspecified atom stereocenters. The van der Waals surface area contributed by atoms with Gasteiger partial charge in [-0.15, -0.1) is 12.6 Å². The van der Waals surface area contributed by atoms with Crippen LogP contribution in [0.3, 0.4) is 0 Å². The quantitative estimate of drug-likeness (QED) is 0.762. The first-order valence-electron chi connectivity index (χ1n) is 5.34. The van der Waals surface area contributed by atoms with Crippen molar-refractivity contribution in [2.45, 2.75) is 18.2 Å². The topological polar surface area (TPSA) is 40.5 Å². The van der Waals surface area contributed by atoms with Gasteiger partial charge in [0.1, 0.15) is 0 Å². The molecule has 0 radical (unpaired) electrons. The molecule has 0 aliphatic heterocycles. The van der Waals surface area contributed by atoms with E-state index >= 15 is 0 Å². The number of benzene rings is 1. The fourth-order valence-corrected chi connectivity index (χ4v) is 1.63. The van der Waals surface area contributed by atoms with E-state index in [2.05, 4.69) is 12.6 Å². The Balaban J connectivity index is 2.59. The van der Waals surface area contributed by atoms with Gasteiger partial charge in [-0.2, -0.15) is 0 Å². The molecule has 0 saturated heterocycles. The molecule has 0 aromatic heterocycles. The summed E-state index contributed by atoms with van der Waals surface area (Å²) in [6.07, 6.45) is 0.377. The van der Waals surface area contributed by atoms with E-state index in [0.29, 0.717) is 19.5 Å². The number of aliphatic hydroxyl groups is 1. The van der Waals surface area contributed by atoms with Crippen LogP contribution in [0.5, 0.6) is 0 Å². The fraction of sp³-hybridized carbons (Fsp3) is 0.417. The summed E-state index contributed by atoms with van der Waals surface area (Å²) in [5, 5.41) is 8.82. The van der Waals surface area contributed by atoms with Crippen LogP contribution in [0.1, 0.15) is 12.5 Å². The fourth-order valence-electron chi connectivity index (χ4n) is 1.48. The molecule has 0 spiro atoms. The highest BCUT2D eigenvalue weighted by Gasteiger charge is 2.11. The van der Waals surface area contributed by atoms with Gasteiger partial charge in [0.15, 0.2) is 0 Å². The van der Waals surface area contributed by atoms with Crippen molar-refractivity contribution >= 4 is 18.5 Å². The first-order chi connectivity index (χ1) is 7.67. The second kappa shape index (κ2) is 6.55. The van der Waals surface area contributed by atoms with Gasteiger partial charge in [-0.05, 0) is 24.6 Å². The molecule has 16 heavy (non-hydrogen) atoms. The molecule has 0 fully saturated rings. The van der Waals surface area contributed by atoms with Gasteiger partial charge >= 0.3 is 0 Å². The van der Waals surface area contributed by atoms with Crippen LogP contribution in [0.25, 0.3) is 0 Å². The molecule has 0 saturated carbocycles. The lowest BCUT2D eigenvalue weighted by Crippen LogP contribution is -2.34. The third-order valence-corrected chi connectivity index (χ3v) is 2.69. The van der Waals surface area contributed by atoms with Gasteiger partial charge < -0.3 is 10.0 Å². The van der Waals surface area contributed by atoms with Crippen LogP contribution in [-0.4, -0.2) is 35.6 Å². The zero-order chi connectivity index (χ0) is 12.0. The molecule has 0 aliphatic carbocycles. The minimum Gasteiger partial charge on any atom is -0.395 e. The van der Waals surface area contributed by atoms with Gasteiger partial charge in [0.05, 0.1) is 13.0 Å². The Morgan fingerprint density at radius 3 is 2.50 bits per heavy atom. The van der Waals surface area contributed by atoms with Crippen LogP contribution in [0.15, 0.2) is 29.2 Å². The van der Waals surface area contributed by atoms with E-state index in [-0.39, 0.29) is 12.5 Å². The van der Waals surface area contributed by atoms with Gasteiger partial charge in [-0.25, -0.2) is 0 Å². The van der Waals surface area contributed by atoms with Crippen LogP contribution >= 0.6 is 12.6 Å². The Bertz CT molecular complexity index is 337. The maximum atomic E-state index is 11.8.